The van der Waals surface area contributed by atoms with Gasteiger partial charge >= 0.3 is 0 Å². The molecule has 1 amide bonds. The second-order valence-corrected chi connectivity index (χ2v) is 6.65. The maximum atomic E-state index is 12.0. The number of hydrogen-bond acceptors (Lipinski definition) is 4. The van der Waals surface area contributed by atoms with E-state index in [0.717, 1.165) is 48.7 Å². The van der Waals surface area contributed by atoms with Gasteiger partial charge in [0, 0.05) is 38.0 Å². The number of para-hydroxylation sites is 1. The van der Waals surface area contributed by atoms with Crippen molar-refractivity contribution in [2.45, 2.75) is 57.9 Å². The normalized spacial score (nSPS) is 13.9. The maximum absolute atomic E-state index is 12.0. The third-order valence-electron chi connectivity index (χ3n) is 4.76. The smallest absolute Gasteiger partial charge is 0.220 e. The second kappa shape index (κ2) is 8.65. The zero-order valence-corrected chi connectivity index (χ0v) is 14.7. The number of fused-ring (bicyclic) bond motifs is 1. The van der Waals surface area contributed by atoms with Gasteiger partial charge in [-0.05, 0) is 37.3 Å². The quantitative estimate of drug-likeness (QED) is 0.597. The molecular weight excluding hydrogens is 314 g/mol. The number of nitrogens with one attached hydrogen (secondary N) is 1. The highest BCUT2D eigenvalue weighted by Crippen LogP contribution is 2.15. The van der Waals surface area contributed by atoms with E-state index in [9.17, 15) is 4.79 Å². The van der Waals surface area contributed by atoms with E-state index in [2.05, 4.69) is 20.1 Å². The summed E-state index contributed by atoms with van der Waals surface area (Å²) < 4.78 is 2.27. The van der Waals surface area contributed by atoms with Gasteiger partial charge in [0.2, 0.25) is 5.91 Å². The van der Waals surface area contributed by atoms with Crippen molar-refractivity contribution in [1.82, 2.24) is 20.1 Å². The van der Waals surface area contributed by atoms with Crippen LogP contribution in [0.15, 0.2) is 24.3 Å². The molecule has 0 aliphatic carbocycles. The Labute approximate surface area is 148 Å². The number of nitrogen functional groups attached to an aromatic ring is 1. The number of amides is 1. The van der Waals surface area contributed by atoms with Gasteiger partial charge in [-0.1, -0.05) is 24.6 Å². The Morgan fingerprint density at radius 1 is 1.16 bits per heavy atom. The lowest BCUT2D eigenvalue weighted by atomic mass is 10.1. The zero-order chi connectivity index (χ0) is 17.5. The van der Waals surface area contributed by atoms with Gasteiger partial charge in [-0.2, -0.15) is 0 Å². The minimum atomic E-state index is 0.0725. The van der Waals surface area contributed by atoms with Crippen molar-refractivity contribution in [3.8, 4) is 0 Å². The van der Waals surface area contributed by atoms with Crippen LogP contribution in [0.1, 0.15) is 49.3 Å². The fourth-order valence-electron chi connectivity index (χ4n) is 3.30. The standard InChI is InChI=1S/C19H27N5O/c20-16-8-4-3-7-15(16)11-12-19(25)21-13-6-10-18-23-22-17-9-2-1-5-14-24(17)18/h3-4,7-8H,1-2,5-6,9-14,20H2,(H,21,25). The number of anilines is 1. The molecule has 2 heterocycles. The number of nitrogens with zero attached hydrogens (tertiary/aromatic N) is 3. The van der Waals surface area contributed by atoms with E-state index in [-0.39, 0.29) is 5.91 Å². The van der Waals surface area contributed by atoms with Crippen molar-refractivity contribution >= 4 is 11.6 Å². The van der Waals surface area contributed by atoms with Gasteiger partial charge in [0.1, 0.15) is 11.6 Å². The predicted octanol–water partition coefficient (Wildman–Crippen LogP) is 2.27. The number of carbonyl (C=O) groups is 1. The highest BCUT2D eigenvalue weighted by atomic mass is 16.1. The van der Waals surface area contributed by atoms with E-state index >= 15 is 0 Å². The van der Waals surface area contributed by atoms with Crippen LogP contribution in [0.5, 0.6) is 0 Å². The maximum Gasteiger partial charge on any atom is 0.220 e. The van der Waals surface area contributed by atoms with Gasteiger partial charge in [-0.25, -0.2) is 0 Å². The number of hydrogen-bond donors (Lipinski definition) is 2. The first-order valence-corrected chi connectivity index (χ1v) is 9.25. The SMILES string of the molecule is Nc1ccccc1CCC(=O)NCCCc1nnc2n1CCCCC2. The molecule has 1 aromatic heterocycles. The van der Waals surface area contributed by atoms with E-state index < -0.39 is 0 Å². The molecule has 0 saturated carbocycles. The Balaban J connectivity index is 1.38. The van der Waals surface area contributed by atoms with Gasteiger partial charge in [0.25, 0.3) is 0 Å². The minimum Gasteiger partial charge on any atom is -0.399 e. The molecule has 0 unspecified atom stereocenters. The van der Waals surface area contributed by atoms with Gasteiger partial charge in [-0.15, -0.1) is 10.2 Å². The Hall–Kier alpha value is -2.37. The van der Waals surface area contributed by atoms with Gasteiger partial charge in [0.05, 0.1) is 0 Å². The Morgan fingerprint density at radius 3 is 2.92 bits per heavy atom. The highest BCUT2D eigenvalue weighted by molar-refractivity contribution is 5.76. The monoisotopic (exact) mass is 341 g/mol. The fourth-order valence-corrected chi connectivity index (χ4v) is 3.30. The predicted molar refractivity (Wildman–Crippen MR) is 98.1 cm³/mol. The lowest BCUT2D eigenvalue weighted by Crippen LogP contribution is -2.25. The van der Waals surface area contributed by atoms with E-state index in [1.54, 1.807) is 0 Å². The first kappa shape index (κ1) is 17.5. The summed E-state index contributed by atoms with van der Waals surface area (Å²) in [6, 6.07) is 7.70. The fraction of sp³-hybridized carbons (Fsp3) is 0.526. The zero-order valence-electron chi connectivity index (χ0n) is 14.7. The molecule has 0 radical (unpaired) electrons. The van der Waals surface area contributed by atoms with Crippen LogP contribution in [0.25, 0.3) is 0 Å². The largest absolute Gasteiger partial charge is 0.399 e. The molecule has 134 valence electrons. The molecule has 0 bridgehead atoms. The summed E-state index contributed by atoms with van der Waals surface area (Å²) in [5.74, 6) is 2.25. The Morgan fingerprint density at radius 2 is 2.04 bits per heavy atom. The average molecular weight is 341 g/mol. The third kappa shape index (κ3) is 4.81. The van der Waals surface area contributed by atoms with E-state index in [1.807, 2.05) is 24.3 Å². The summed E-state index contributed by atoms with van der Waals surface area (Å²) in [6.45, 7) is 1.70. The number of benzene rings is 1. The highest BCUT2D eigenvalue weighted by Gasteiger charge is 2.14. The molecule has 0 fully saturated rings. The number of nitrogens with two attached hydrogens (primary N) is 1. The summed E-state index contributed by atoms with van der Waals surface area (Å²) in [5.41, 5.74) is 7.69. The van der Waals surface area contributed by atoms with Gasteiger partial charge in [0.15, 0.2) is 0 Å². The molecule has 0 saturated heterocycles. The molecule has 6 heteroatoms. The Kier molecular flexibility index (Phi) is 6.04. The van der Waals surface area contributed by atoms with Crippen molar-refractivity contribution < 1.29 is 4.79 Å². The number of rotatable bonds is 7. The first-order valence-electron chi connectivity index (χ1n) is 9.25. The van der Waals surface area contributed by atoms with Crippen LogP contribution in [-0.4, -0.2) is 27.2 Å². The van der Waals surface area contributed by atoms with Crippen LogP contribution >= 0.6 is 0 Å². The van der Waals surface area contributed by atoms with Crippen molar-refractivity contribution in [3.05, 3.63) is 41.5 Å². The van der Waals surface area contributed by atoms with E-state index in [0.29, 0.717) is 19.4 Å². The van der Waals surface area contributed by atoms with Crippen molar-refractivity contribution in [1.29, 1.82) is 0 Å². The molecule has 6 nitrogen and oxygen atoms in total. The van der Waals surface area contributed by atoms with Crippen molar-refractivity contribution in [3.63, 3.8) is 0 Å². The van der Waals surface area contributed by atoms with Crippen LogP contribution in [0.2, 0.25) is 0 Å². The minimum absolute atomic E-state index is 0.0725. The molecule has 1 aliphatic heterocycles. The molecule has 0 atom stereocenters. The van der Waals surface area contributed by atoms with Gasteiger partial charge in [-0.3, -0.25) is 4.79 Å². The first-order chi connectivity index (χ1) is 12.2. The average Bonchev–Trinajstić information content (AvgIpc) is 2.84. The lowest BCUT2D eigenvalue weighted by Gasteiger charge is -2.08. The molecule has 1 aromatic carbocycles. The molecule has 2 aromatic rings. The van der Waals surface area contributed by atoms with Gasteiger partial charge < -0.3 is 15.6 Å². The molecule has 3 rings (SSSR count). The molecule has 1 aliphatic rings. The Bertz CT molecular complexity index is 710. The van der Waals surface area contributed by atoms with Crippen LogP contribution in [0.4, 0.5) is 5.69 Å². The van der Waals surface area contributed by atoms with Crippen molar-refractivity contribution in [2.24, 2.45) is 0 Å². The third-order valence-corrected chi connectivity index (χ3v) is 4.76. The van der Waals surface area contributed by atoms with Crippen LogP contribution in [-0.2, 0) is 30.6 Å². The molecular formula is C19H27N5O. The van der Waals surface area contributed by atoms with Crippen molar-refractivity contribution in [2.75, 3.05) is 12.3 Å². The summed E-state index contributed by atoms with van der Waals surface area (Å²) >= 11 is 0. The number of aryl methyl sites for hydroxylation is 3. The van der Waals surface area contributed by atoms with Crippen LogP contribution < -0.4 is 11.1 Å². The van der Waals surface area contributed by atoms with E-state index in [4.69, 9.17) is 5.73 Å². The summed E-state index contributed by atoms with van der Waals surface area (Å²) in [4.78, 5) is 12.0. The summed E-state index contributed by atoms with van der Waals surface area (Å²) in [7, 11) is 0. The summed E-state index contributed by atoms with van der Waals surface area (Å²) in [6.07, 6.45) is 7.61. The summed E-state index contributed by atoms with van der Waals surface area (Å²) in [5, 5.41) is 11.6. The second-order valence-electron chi connectivity index (χ2n) is 6.65. The van der Waals surface area contributed by atoms with E-state index in [1.165, 1.54) is 19.3 Å². The van der Waals surface area contributed by atoms with Crippen LogP contribution in [0.3, 0.4) is 0 Å². The number of aromatic nitrogens is 3. The van der Waals surface area contributed by atoms with Crippen LogP contribution in [0, 0.1) is 0 Å². The molecule has 0 spiro atoms. The topological polar surface area (TPSA) is 85.8 Å². The molecule has 3 N–H and O–H groups in total. The molecule has 25 heavy (non-hydrogen) atoms. The number of carbonyl (C=O) groups excluding carboxylic acids is 1. The lowest BCUT2D eigenvalue weighted by molar-refractivity contribution is -0.121.